The van der Waals surface area contributed by atoms with Crippen LogP contribution in [0.25, 0.3) is 0 Å². The lowest BCUT2D eigenvalue weighted by Crippen LogP contribution is -2.35. The van der Waals surface area contributed by atoms with E-state index in [0.29, 0.717) is 0 Å². The lowest BCUT2D eigenvalue weighted by atomic mass is 10.4. The van der Waals surface area contributed by atoms with Crippen molar-refractivity contribution in [3.8, 4) is 0 Å². The molecule has 1 N–H and O–H groups in total. The van der Waals surface area contributed by atoms with E-state index in [0.717, 1.165) is 12.5 Å². The van der Waals surface area contributed by atoms with Crippen molar-refractivity contribution in [3.05, 3.63) is 18.2 Å². The predicted molar refractivity (Wildman–Crippen MR) is 60.0 cm³/mol. The van der Waals surface area contributed by atoms with Gasteiger partial charge in [0.2, 0.25) is 10.0 Å². The van der Waals surface area contributed by atoms with Crippen molar-refractivity contribution in [1.29, 1.82) is 0 Å². The van der Waals surface area contributed by atoms with Crippen molar-refractivity contribution >= 4 is 37.7 Å². The van der Waals surface area contributed by atoms with Gasteiger partial charge < -0.3 is 5.11 Å². The van der Waals surface area contributed by atoms with Crippen molar-refractivity contribution in [2.45, 2.75) is 5.33 Å². The number of halogens is 1. The van der Waals surface area contributed by atoms with Crippen molar-refractivity contribution < 1.29 is 18.3 Å². The van der Waals surface area contributed by atoms with E-state index in [4.69, 9.17) is 5.11 Å². The number of carbonyl (C=O) groups is 1. The van der Waals surface area contributed by atoms with E-state index in [2.05, 4.69) is 25.9 Å². The molecule has 0 saturated carbocycles. The molecule has 0 aliphatic rings. The average Bonchev–Trinajstić information content (AvgIpc) is 2.15. The number of hydrogen-bond donors (Lipinski definition) is 1. The molecule has 0 atom stereocenters. The molecule has 1 aromatic heterocycles. The van der Waals surface area contributed by atoms with Crippen LogP contribution in [0.15, 0.2) is 12.5 Å². The van der Waals surface area contributed by atoms with Gasteiger partial charge in [0.15, 0.2) is 0 Å². The number of rotatable bonds is 3. The lowest BCUT2D eigenvalue weighted by Gasteiger charge is -2.17. The van der Waals surface area contributed by atoms with E-state index in [1.807, 2.05) is 0 Å². The molecule has 1 rings (SSSR count). The SMILES string of the molecule is CS(=O)(=O)N(C(=O)O)c1cncnc1CBr. The Labute approximate surface area is 100 Å². The molecule has 1 aromatic rings. The highest BCUT2D eigenvalue weighted by Gasteiger charge is 2.27. The number of hydrogen-bond acceptors (Lipinski definition) is 5. The van der Waals surface area contributed by atoms with Crippen LogP contribution in [0.2, 0.25) is 0 Å². The van der Waals surface area contributed by atoms with Crippen LogP contribution < -0.4 is 4.31 Å². The fourth-order valence-corrected chi connectivity index (χ4v) is 2.27. The molecule has 0 fully saturated rings. The summed E-state index contributed by atoms with van der Waals surface area (Å²) in [6, 6.07) is 0. The summed E-state index contributed by atoms with van der Waals surface area (Å²) in [6.45, 7) is 0. The van der Waals surface area contributed by atoms with Gasteiger partial charge in [-0.2, -0.15) is 4.31 Å². The topological polar surface area (TPSA) is 100 Å². The Morgan fingerprint density at radius 2 is 2.25 bits per heavy atom. The van der Waals surface area contributed by atoms with Crippen LogP contribution in [0.3, 0.4) is 0 Å². The van der Waals surface area contributed by atoms with E-state index in [9.17, 15) is 13.2 Å². The average molecular weight is 310 g/mol. The minimum Gasteiger partial charge on any atom is -0.464 e. The zero-order valence-corrected chi connectivity index (χ0v) is 10.6. The second-order valence-corrected chi connectivity index (χ2v) is 5.19. The Kier molecular flexibility index (Phi) is 3.81. The van der Waals surface area contributed by atoms with Gasteiger partial charge in [0.1, 0.15) is 12.0 Å². The molecule has 0 unspecified atom stereocenters. The van der Waals surface area contributed by atoms with E-state index in [1.54, 1.807) is 0 Å². The zero-order chi connectivity index (χ0) is 12.3. The minimum absolute atomic E-state index is 0.0747. The van der Waals surface area contributed by atoms with Gasteiger partial charge in [-0.15, -0.1) is 0 Å². The van der Waals surface area contributed by atoms with E-state index < -0.39 is 16.1 Å². The minimum atomic E-state index is -3.92. The monoisotopic (exact) mass is 309 g/mol. The molecule has 1 amide bonds. The first-order chi connectivity index (χ1) is 7.38. The van der Waals surface area contributed by atoms with E-state index in [1.165, 1.54) is 6.33 Å². The number of nitrogens with zero attached hydrogens (tertiary/aromatic N) is 3. The summed E-state index contributed by atoms with van der Waals surface area (Å²) >= 11 is 3.09. The lowest BCUT2D eigenvalue weighted by molar-refractivity contribution is 0.206. The van der Waals surface area contributed by atoms with Gasteiger partial charge in [-0.3, -0.25) is 0 Å². The van der Waals surface area contributed by atoms with Crippen LogP contribution >= 0.6 is 15.9 Å². The molecule has 0 spiro atoms. The summed E-state index contributed by atoms with van der Waals surface area (Å²) in [7, 11) is -3.92. The third kappa shape index (κ3) is 2.67. The molecule has 0 aliphatic carbocycles. The molecule has 88 valence electrons. The Morgan fingerprint density at radius 1 is 1.62 bits per heavy atom. The first-order valence-corrected chi connectivity index (χ1v) is 6.93. The summed E-state index contributed by atoms with van der Waals surface area (Å²) < 4.78 is 22.9. The number of amides is 1. The zero-order valence-electron chi connectivity index (χ0n) is 8.16. The Bertz CT molecular complexity index is 504. The van der Waals surface area contributed by atoms with E-state index in [-0.39, 0.29) is 21.0 Å². The van der Waals surface area contributed by atoms with Gasteiger partial charge in [-0.05, 0) is 0 Å². The molecular weight excluding hydrogens is 302 g/mol. The Balaban J connectivity index is 3.38. The highest BCUT2D eigenvalue weighted by Crippen LogP contribution is 2.21. The molecular formula is C7H8BrN3O4S. The Morgan fingerprint density at radius 3 is 2.69 bits per heavy atom. The highest BCUT2D eigenvalue weighted by molar-refractivity contribution is 9.08. The fraction of sp³-hybridized carbons (Fsp3) is 0.286. The molecule has 0 bridgehead atoms. The van der Waals surface area contributed by atoms with Gasteiger partial charge in [-0.1, -0.05) is 15.9 Å². The van der Waals surface area contributed by atoms with Crippen LogP contribution in [0.4, 0.5) is 10.5 Å². The van der Waals surface area contributed by atoms with Gasteiger partial charge in [-0.25, -0.2) is 23.2 Å². The maximum absolute atomic E-state index is 11.3. The van der Waals surface area contributed by atoms with Crippen LogP contribution in [0, 0.1) is 0 Å². The predicted octanol–water partition coefficient (Wildman–Crippen LogP) is 0.816. The van der Waals surface area contributed by atoms with Gasteiger partial charge in [0, 0.05) is 5.33 Å². The van der Waals surface area contributed by atoms with Crippen molar-refractivity contribution in [2.24, 2.45) is 0 Å². The molecule has 16 heavy (non-hydrogen) atoms. The number of carboxylic acid groups (broad SMARTS) is 1. The number of sulfonamides is 1. The number of anilines is 1. The second kappa shape index (κ2) is 4.74. The van der Waals surface area contributed by atoms with Crippen molar-refractivity contribution in [3.63, 3.8) is 0 Å². The Hall–Kier alpha value is -1.22. The maximum atomic E-state index is 11.3. The molecule has 7 nitrogen and oxygen atoms in total. The smallest absolute Gasteiger partial charge is 0.426 e. The highest BCUT2D eigenvalue weighted by atomic mass is 79.9. The van der Waals surface area contributed by atoms with Crippen molar-refractivity contribution in [1.82, 2.24) is 9.97 Å². The normalized spacial score (nSPS) is 11.1. The molecule has 0 radical (unpaired) electrons. The van der Waals surface area contributed by atoms with Crippen molar-refractivity contribution in [2.75, 3.05) is 10.6 Å². The van der Waals surface area contributed by atoms with Crippen LogP contribution in [-0.4, -0.2) is 35.8 Å². The first-order valence-electron chi connectivity index (χ1n) is 3.96. The summed E-state index contributed by atoms with van der Waals surface area (Å²) in [5.74, 6) is 0. The molecule has 0 aromatic carbocycles. The number of aromatic nitrogens is 2. The second-order valence-electron chi connectivity index (χ2n) is 2.80. The number of alkyl halides is 1. The molecule has 9 heteroatoms. The third-order valence-electron chi connectivity index (χ3n) is 1.62. The van der Waals surface area contributed by atoms with E-state index >= 15 is 0 Å². The van der Waals surface area contributed by atoms with Crippen LogP contribution in [0.1, 0.15) is 5.69 Å². The van der Waals surface area contributed by atoms with Crippen LogP contribution in [0.5, 0.6) is 0 Å². The first kappa shape index (κ1) is 12.8. The van der Waals surface area contributed by atoms with Gasteiger partial charge >= 0.3 is 6.09 Å². The standard InChI is InChI=1S/C7H8BrN3O4S/c1-16(14,15)11(7(12)13)6-3-9-4-10-5(6)2-8/h3-4H,2H2,1H3,(H,12,13). The molecule has 1 heterocycles. The fourth-order valence-electron chi connectivity index (χ4n) is 1.04. The molecule has 0 saturated heterocycles. The summed E-state index contributed by atoms with van der Waals surface area (Å²) in [6.07, 6.45) is 1.55. The van der Waals surface area contributed by atoms with Gasteiger partial charge in [0.25, 0.3) is 0 Å². The molecule has 0 aliphatic heterocycles. The maximum Gasteiger partial charge on any atom is 0.426 e. The van der Waals surface area contributed by atoms with Gasteiger partial charge in [0.05, 0.1) is 18.1 Å². The summed E-state index contributed by atoms with van der Waals surface area (Å²) in [4.78, 5) is 18.3. The third-order valence-corrected chi connectivity index (χ3v) is 3.17. The summed E-state index contributed by atoms with van der Waals surface area (Å²) in [5.41, 5.74) is 0.206. The largest absolute Gasteiger partial charge is 0.464 e. The summed E-state index contributed by atoms with van der Waals surface area (Å²) in [5, 5.41) is 9.08. The quantitative estimate of drug-likeness (QED) is 0.829. The van der Waals surface area contributed by atoms with Crippen LogP contribution in [-0.2, 0) is 15.4 Å².